The van der Waals surface area contributed by atoms with Crippen LogP contribution in [-0.4, -0.2) is 59.0 Å². The van der Waals surface area contributed by atoms with E-state index in [9.17, 15) is 9.90 Å². The van der Waals surface area contributed by atoms with Gasteiger partial charge in [0.1, 0.15) is 6.04 Å². The van der Waals surface area contributed by atoms with Crippen molar-refractivity contribution in [2.45, 2.75) is 89.5 Å². The molecule has 0 aromatic rings. The monoisotopic (exact) mass is 345 g/mol. The first kappa shape index (κ1) is 23.4. The molecule has 0 aliphatic rings. The lowest BCUT2D eigenvalue weighted by Gasteiger charge is -2.23. The van der Waals surface area contributed by atoms with Gasteiger partial charge in [0, 0.05) is 13.2 Å². The third-order valence-electron chi connectivity index (χ3n) is 4.66. The third-order valence-corrected chi connectivity index (χ3v) is 4.66. The van der Waals surface area contributed by atoms with E-state index >= 15 is 0 Å². The SMILES string of the molecule is CN(CCO)C(CCCCCCCCCCCCCCO)C(=O)O. The first-order chi connectivity index (χ1) is 11.6. The lowest BCUT2D eigenvalue weighted by atomic mass is 10.0. The van der Waals surface area contributed by atoms with Gasteiger partial charge in [0.25, 0.3) is 0 Å². The quantitative estimate of drug-likeness (QED) is 0.332. The van der Waals surface area contributed by atoms with Crippen molar-refractivity contribution in [1.29, 1.82) is 0 Å². The number of carboxylic acid groups (broad SMARTS) is 1. The second-order valence-corrected chi connectivity index (χ2v) is 6.81. The number of hydrogen-bond acceptors (Lipinski definition) is 4. The highest BCUT2D eigenvalue weighted by Gasteiger charge is 2.21. The molecule has 0 saturated carbocycles. The number of aliphatic carboxylic acids is 1. The van der Waals surface area contributed by atoms with Gasteiger partial charge in [0.2, 0.25) is 0 Å². The lowest BCUT2D eigenvalue weighted by molar-refractivity contribution is -0.143. The number of unbranched alkanes of at least 4 members (excludes halogenated alkanes) is 11. The van der Waals surface area contributed by atoms with Gasteiger partial charge in [-0.05, 0) is 19.9 Å². The van der Waals surface area contributed by atoms with E-state index in [2.05, 4.69) is 0 Å². The van der Waals surface area contributed by atoms with Crippen LogP contribution in [0.1, 0.15) is 83.5 Å². The maximum Gasteiger partial charge on any atom is 0.320 e. The molecule has 0 amide bonds. The Kier molecular flexibility index (Phi) is 16.7. The molecule has 0 spiro atoms. The topological polar surface area (TPSA) is 81.0 Å². The van der Waals surface area contributed by atoms with Gasteiger partial charge in [-0.3, -0.25) is 9.69 Å². The summed E-state index contributed by atoms with van der Waals surface area (Å²) in [4.78, 5) is 13.0. The Morgan fingerprint density at radius 1 is 0.750 bits per heavy atom. The Morgan fingerprint density at radius 3 is 1.54 bits per heavy atom. The Labute approximate surface area is 148 Å². The van der Waals surface area contributed by atoms with Crippen LogP contribution in [0.4, 0.5) is 0 Å². The fourth-order valence-corrected chi connectivity index (χ4v) is 3.06. The van der Waals surface area contributed by atoms with Crippen LogP contribution >= 0.6 is 0 Å². The molecule has 144 valence electrons. The number of carbonyl (C=O) groups is 1. The van der Waals surface area contributed by atoms with Gasteiger partial charge in [-0.1, -0.05) is 70.6 Å². The molecule has 0 aliphatic carbocycles. The Balaban J connectivity index is 3.41. The van der Waals surface area contributed by atoms with Gasteiger partial charge in [0.05, 0.1) is 6.61 Å². The van der Waals surface area contributed by atoms with Gasteiger partial charge >= 0.3 is 5.97 Å². The van der Waals surface area contributed by atoms with E-state index in [4.69, 9.17) is 10.2 Å². The van der Waals surface area contributed by atoms with Crippen LogP contribution in [0, 0.1) is 0 Å². The first-order valence-electron chi connectivity index (χ1n) is 9.78. The molecule has 0 heterocycles. The van der Waals surface area contributed by atoms with Crippen LogP contribution in [-0.2, 0) is 4.79 Å². The van der Waals surface area contributed by atoms with E-state index in [0.29, 0.717) is 19.6 Å². The number of rotatable bonds is 18. The second kappa shape index (κ2) is 17.2. The highest BCUT2D eigenvalue weighted by molar-refractivity contribution is 5.73. The normalized spacial score (nSPS) is 12.7. The van der Waals surface area contributed by atoms with E-state index in [1.807, 2.05) is 0 Å². The Morgan fingerprint density at radius 2 is 1.17 bits per heavy atom. The first-order valence-corrected chi connectivity index (χ1v) is 9.78. The summed E-state index contributed by atoms with van der Waals surface area (Å²) < 4.78 is 0. The predicted molar refractivity (Wildman–Crippen MR) is 98.2 cm³/mol. The molecule has 0 saturated heterocycles. The van der Waals surface area contributed by atoms with E-state index in [0.717, 1.165) is 25.7 Å². The van der Waals surface area contributed by atoms with Crippen molar-refractivity contribution in [2.75, 3.05) is 26.8 Å². The summed E-state index contributed by atoms with van der Waals surface area (Å²) in [7, 11) is 1.76. The maximum atomic E-state index is 11.2. The van der Waals surface area contributed by atoms with E-state index in [1.165, 1.54) is 51.4 Å². The van der Waals surface area contributed by atoms with Gasteiger partial charge < -0.3 is 15.3 Å². The number of aliphatic hydroxyl groups is 2. The average molecular weight is 346 g/mol. The molecule has 0 aliphatic heterocycles. The van der Waals surface area contributed by atoms with Crippen molar-refractivity contribution in [2.24, 2.45) is 0 Å². The minimum atomic E-state index is -0.787. The number of hydrogen-bond donors (Lipinski definition) is 3. The van der Waals surface area contributed by atoms with Crippen LogP contribution in [0.25, 0.3) is 0 Å². The highest BCUT2D eigenvalue weighted by Crippen LogP contribution is 2.14. The molecule has 5 heteroatoms. The largest absolute Gasteiger partial charge is 0.480 e. The van der Waals surface area contributed by atoms with Crippen molar-refractivity contribution in [3.63, 3.8) is 0 Å². The fraction of sp³-hybridized carbons (Fsp3) is 0.947. The third kappa shape index (κ3) is 13.8. The summed E-state index contributed by atoms with van der Waals surface area (Å²) in [5.74, 6) is -0.787. The molecule has 3 N–H and O–H groups in total. The average Bonchev–Trinajstić information content (AvgIpc) is 2.55. The number of aliphatic hydroxyl groups excluding tert-OH is 2. The van der Waals surface area contributed by atoms with Crippen LogP contribution in [0.2, 0.25) is 0 Å². The zero-order chi connectivity index (χ0) is 18.0. The number of carboxylic acids is 1. The van der Waals surface area contributed by atoms with Crippen molar-refractivity contribution in [3.05, 3.63) is 0 Å². The summed E-state index contributed by atoms with van der Waals surface area (Å²) in [6.07, 6.45) is 15.0. The molecule has 0 bridgehead atoms. The highest BCUT2D eigenvalue weighted by atomic mass is 16.4. The maximum absolute atomic E-state index is 11.2. The summed E-state index contributed by atoms with van der Waals surface area (Å²) in [6, 6.07) is -0.469. The predicted octanol–water partition coefficient (Wildman–Crippen LogP) is 3.43. The van der Waals surface area contributed by atoms with E-state index in [1.54, 1.807) is 11.9 Å². The second-order valence-electron chi connectivity index (χ2n) is 6.81. The number of nitrogens with zero attached hydrogens (tertiary/aromatic N) is 1. The van der Waals surface area contributed by atoms with Crippen molar-refractivity contribution >= 4 is 5.97 Å². The molecule has 5 nitrogen and oxygen atoms in total. The molecule has 0 aromatic heterocycles. The molecular weight excluding hydrogens is 306 g/mol. The molecule has 0 radical (unpaired) electrons. The zero-order valence-corrected chi connectivity index (χ0v) is 15.6. The molecular formula is C19H39NO4. The molecule has 0 aromatic carbocycles. The van der Waals surface area contributed by atoms with E-state index < -0.39 is 12.0 Å². The molecule has 1 unspecified atom stereocenters. The standard InChI is InChI=1S/C19H39NO4/c1-20(15-17-22)18(19(23)24)14-12-10-8-6-4-2-3-5-7-9-11-13-16-21/h18,21-22H,2-17H2,1H3,(H,23,24). The smallest absolute Gasteiger partial charge is 0.320 e. The minimum absolute atomic E-state index is 0.00170. The molecule has 1 atom stereocenters. The van der Waals surface area contributed by atoms with Crippen LogP contribution in [0.5, 0.6) is 0 Å². The Hall–Kier alpha value is -0.650. The summed E-state index contributed by atoms with van der Waals surface area (Å²) in [5, 5.41) is 26.8. The van der Waals surface area contributed by atoms with Crippen molar-refractivity contribution < 1.29 is 20.1 Å². The minimum Gasteiger partial charge on any atom is -0.480 e. The fourth-order valence-electron chi connectivity index (χ4n) is 3.06. The summed E-state index contributed by atoms with van der Waals surface area (Å²) in [6.45, 7) is 0.740. The molecule has 24 heavy (non-hydrogen) atoms. The van der Waals surface area contributed by atoms with Crippen LogP contribution in [0.3, 0.4) is 0 Å². The van der Waals surface area contributed by atoms with Crippen LogP contribution < -0.4 is 0 Å². The lowest BCUT2D eigenvalue weighted by Crippen LogP contribution is -2.39. The van der Waals surface area contributed by atoms with Gasteiger partial charge in [-0.15, -0.1) is 0 Å². The van der Waals surface area contributed by atoms with E-state index in [-0.39, 0.29) is 6.61 Å². The molecule has 0 rings (SSSR count). The number of likely N-dealkylation sites (N-methyl/N-ethyl adjacent to an activating group) is 1. The summed E-state index contributed by atoms with van der Waals surface area (Å²) in [5.41, 5.74) is 0. The Bertz CT molecular complexity index is 287. The van der Waals surface area contributed by atoms with Crippen LogP contribution in [0.15, 0.2) is 0 Å². The van der Waals surface area contributed by atoms with Gasteiger partial charge in [0.15, 0.2) is 0 Å². The summed E-state index contributed by atoms with van der Waals surface area (Å²) >= 11 is 0. The van der Waals surface area contributed by atoms with Crippen molar-refractivity contribution in [3.8, 4) is 0 Å². The van der Waals surface area contributed by atoms with Gasteiger partial charge in [-0.2, -0.15) is 0 Å². The van der Waals surface area contributed by atoms with Crippen molar-refractivity contribution in [1.82, 2.24) is 4.90 Å². The van der Waals surface area contributed by atoms with Gasteiger partial charge in [-0.25, -0.2) is 0 Å². The zero-order valence-electron chi connectivity index (χ0n) is 15.6. The molecule has 0 fully saturated rings.